The number of imidazole rings is 1. The fourth-order valence-corrected chi connectivity index (χ4v) is 2.53. The van der Waals surface area contributed by atoms with Gasteiger partial charge in [-0.05, 0) is 52.9 Å². The van der Waals surface area contributed by atoms with Crippen molar-refractivity contribution in [3.05, 3.63) is 50.8 Å². The van der Waals surface area contributed by atoms with Crippen molar-refractivity contribution in [3.8, 4) is 5.69 Å². The summed E-state index contributed by atoms with van der Waals surface area (Å²) in [7, 11) is 0. The summed E-state index contributed by atoms with van der Waals surface area (Å²) in [5.74, 6) is 0.0296. The molecule has 2 aromatic carbocycles. The lowest BCUT2D eigenvalue weighted by Gasteiger charge is -2.06. The van der Waals surface area contributed by atoms with Gasteiger partial charge in [0.2, 0.25) is 5.95 Å². The maximum Gasteiger partial charge on any atom is 0.205 e. The molecule has 0 saturated carbocycles. The molecule has 0 atom stereocenters. The van der Waals surface area contributed by atoms with E-state index in [4.69, 9.17) is 17.3 Å². The van der Waals surface area contributed by atoms with Crippen LogP contribution in [0.2, 0.25) is 5.02 Å². The minimum Gasteiger partial charge on any atom is -0.369 e. The first-order chi connectivity index (χ1) is 9.06. The van der Waals surface area contributed by atoms with Crippen LogP contribution in [0, 0.1) is 9.39 Å². The zero-order valence-electron chi connectivity index (χ0n) is 9.57. The second kappa shape index (κ2) is 4.64. The Morgan fingerprint density at radius 3 is 2.58 bits per heavy atom. The number of nitrogens with zero attached hydrogens (tertiary/aromatic N) is 2. The third-order valence-corrected chi connectivity index (χ3v) is 3.89. The number of nitrogens with two attached hydrogens (primary N) is 1. The van der Waals surface area contributed by atoms with Gasteiger partial charge in [-0.1, -0.05) is 11.6 Å². The quantitative estimate of drug-likeness (QED) is 0.641. The van der Waals surface area contributed by atoms with Crippen LogP contribution in [0.4, 0.5) is 10.3 Å². The Morgan fingerprint density at radius 1 is 1.21 bits per heavy atom. The Balaban J connectivity index is 2.31. The molecule has 96 valence electrons. The standard InChI is InChI=1S/C13H8ClFIN3/c14-7-1-3-8(4-2-7)19-12-5-9(15)10(16)6-11(12)18-13(19)17/h1-6H,(H2,17,18). The maximum atomic E-state index is 13.7. The first-order valence-electron chi connectivity index (χ1n) is 5.45. The van der Waals surface area contributed by atoms with E-state index in [9.17, 15) is 4.39 Å². The zero-order valence-corrected chi connectivity index (χ0v) is 12.5. The van der Waals surface area contributed by atoms with E-state index in [2.05, 4.69) is 4.98 Å². The molecule has 0 spiro atoms. The first-order valence-corrected chi connectivity index (χ1v) is 6.91. The highest BCUT2D eigenvalue weighted by molar-refractivity contribution is 14.1. The third kappa shape index (κ3) is 2.17. The number of hydrogen-bond donors (Lipinski definition) is 1. The highest BCUT2D eigenvalue weighted by Crippen LogP contribution is 2.26. The predicted octanol–water partition coefficient (Wildman–Crippen LogP) is 4.00. The average Bonchev–Trinajstić information content (AvgIpc) is 2.67. The van der Waals surface area contributed by atoms with Gasteiger partial charge in [0.05, 0.1) is 14.6 Å². The minimum absolute atomic E-state index is 0.289. The fraction of sp³-hybridized carbons (Fsp3) is 0. The van der Waals surface area contributed by atoms with Crippen molar-refractivity contribution < 1.29 is 4.39 Å². The Hall–Kier alpha value is -1.34. The number of benzene rings is 2. The number of hydrogen-bond acceptors (Lipinski definition) is 2. The number of halogens is 3. The van der Waals surface area contributed by atoms with E-state index in [1.807, 2.05) is 34.7 Å². The van der Waals surface area contributed by atoms with Crippen LogP contribution < -0.4 is 5.73 Å². The Morgan fingerprint density at radius 2 is 1.89 bits per heavy atom. The molecule has 3 aromatic rings. The molecule has 2 N–H and O–H groups in total. The average molecular weight is 388 g/mol. The first kappa shape index (κ1) is 12.7. The van der Waals surface area contributed by atoms with Crippen LogP contribution in [0.15, 0.2) is 36.4 Å². The number of rotatable bonds is 1. The van der Waals surface area contributed by atoms with E-state index in [0.717, 1.165) is 5.69 Å². The van der Waals surface area contributed by atoms with Gasteiger partial charge in [0, 0.05) is 16.8 Å². The molecule has 3 rings (SSSR count). The summed E-state index contributed by atoms with van der Waals surface area (Å²) < 4.78 is 15.9. The number of aromatic nitrogens is 2. The summed E-state index contributed by atoms with van der Waals surface area (Å²) >= 11 is 7.79. The normalized spacial score (nSPS) is 11.1. The smallest absolute Gasteiger partial charge is 0.205 e. The second-order valence-corrected chi connectivity index (χ2v) is 5.64. The van der Waals surface area contributed by atoms with Crippen LogP contribution in [0.5, 0.6) is 0 Å². The van der Waals surface area contributed by atoms with Gasteiger partial charge in [0.15, 0.2) is 0 Å². The van der Waals surface area contributed by atoms with Crippen molar-refractivity contribution in [1.29, 1.82) is 0 Å². The van der Waals surface area contributed by atoms with Crippen LogP contribution in [-0.4, -0.2) is 9.55 Å². The maximum absolute atomic E-state index is 13.7. The van der Waals surface area contributed by atoms with E-state index in [1.54, 1.807) is 22.8 Å². The fourth-order valence-electron chi connectivity index (χ4n) is 1.95. The van der Waals surface area contributed by atoms with Gasteiger partial charge < -0.3 is 5.73 Å². The van der Waals surface area contributed by atoms with E-state index in [0.29, 0.717) is 25.6 Å². The predicted molar refractivity (Wildman–Crippen MR) is 83.2 cm³/mol. The van der Waals surface area contributed by atoms with Crippen molar-refractivity contribution in [2.75, 3.05) is 5.73 Å². The van der Waals surface area contributed by atoms with E-state index >= 15 is 0 Å². The molecule has 0 saturated heterocycles. The summed E-state index contributed by atoms with van der Waals surface area (Å²) in [5.41, 5.74) is 8.02. The van der Waals surface area contributed by atoms with Gasteiger partial charge in [0.1, 0.15) is 5.82 Å². The number of fused-ring (bicyclic) bond motifs is 1. The van der Waals surface area contributed by atoms with Gasteiger partial charge in [-0.3, -0.25) is 4.57 Å². The van der Waals surface area contributed by atoms with Crippen molar-refractivity contribution in [2.24, 2.45) is 0 Å². The molecule has 0 bridgehead atoms. The van der Waals surface area contributed by atoms with Gasteiger partial charge in [0.25, 0.3) is 0 Å². The van der Waals surface area contributed by atoms with Crippen LogP contribution >= 0.6 is 34.2 Å². The van der Waals surface area contributed by atoms with Crippen LogP contribution in [0.1, 0.15) is 0 Å². The molecular weight excluding hydrogens is 380 g/mol. The van der Waals surface area contributed by atoms with E-state index in [1.165, 1.54) is 6.07 Å². The van der Waals surface area contributed by atoms with E-state index < -0.39 is 0 Å². The zero-order chi connectivity index (χ0) is 13.6. The van der Waals surface area contributed by atoms with Gasteiger partial charge in [-0.15, -0.1) is 0 Å². The van der Waals surface area contributed by atoms with Crippen molar-refractivity contribution in [3.63, 3.8) is 0 Å². The highest BCUT2D eigenvalue weighted by atomic mass is 127. The summed E-state index contributed by atoms with van der Waals surface area (Å²) in [5, 5.41) is 0.632. The molecule has 3 nitrogen and oxygen atoms in total. The lowest BCUT2D eigenvalue weighted by atomic mass is 10.2. The van der Waals surface area contributed by atoms with Crippen molar-refractivity contribution in [1.82, 2.24) is 9.55 Å². The summed E-state index contributed by atoms with van der Waals surface area (Å²) in [6.45, 7) is 0. The summed E-state index contributed by atoms with van der Waals surface area (Å²) in [4.78, 5) is 4.25. The Bertz CT molecular complexity index is 768. The van der Waals surface area contributed by atoms with Gasteiger partial charge >= 0.3 is 0 Å². The third-order valence-electron chi connectivity index (χ3n) is 2.81. The van der Waals surface area contributed by atoms with Gasteiger partial charge in [-0.25, -0.2) is 9.37 Å². The van der Waals surface area contributed by atoms with E-state index in [-0.39, 0.29) is 5.82 Å². The molecule has 1 heterocycles. The Labute approximate surface area is 127 Å². The molecule has 19 heavy (non-hydrogen) atoms. The summed E-state index contributed by atoms with van der Waals surface area (Å²) in [6, 6.07) is 10.3. The van der Waals surface area contributed by atoms with Crippen molar-refractivity contribution >= 4 is 51.2 Å². The van der Waals surface area contributed by atoms with Crippen LogP contribution in [-0.2, 0) is 0 Å². The molecule has 6 heteroatoms. The molecule has 0 aliphatic rings. The lowest BCUT2D eigenvalue weighted by Crippen LogP contribution is -2.00. The molecule has 0 radical (unpaired) electrons. The van der Waals surface area contributed by atoms with Crippen LogP contribution in [0.25, 0.3) is 16.7 Å². The molecular formula is C13H8ClFIN3. The monoisotopic (exact) mass is 387 g/mol. The number of anilines is 1. The molecule has 0 unspecified atom stereocenters. The molecule has 0 fully saturated rings. The second-order valence-electron chi connectivity index (χ2n) is 4.04. The lowest BCUT2D eigenvalue weighted by molar-refractivity contribution is 0.622. The Kier molecular flexibility index (Phi) is 3.10. The van der Waals surface area contributed by atoms with Crippen molar-refractivity contribution in [2.45, 2.75) is 0 Å². The largest absolute Gasteiger partial charge is 0.369 e. The number of nitrogen functional groups attached to an aromatic ring is 1. The van der Waals surface area contributed by atoms with Gasteiger partial charge in [-0.2, -0.15) is 0 Å². The minimum atomic E-state index is -0.289. The molecule has 0 amide bonds. The SMILES string of the molecule is Nc1nc2cc(I)c(F)cc2n1-c1ccc(Cl)cc1. The molecule has 0 aliphatic carbocycles. The highest BCUT2D eigenvalue weighted by Gasteiger charge is 2.12. The van der Waals surface area contributed by atoms with Crippen LogP contribution in [0.3, 0.4) is 0 Å². The molecule has 1 aromatic heterocycles. The topological polar surface area (TPSA) is 43.8 Å². The molecule has 0 aliphatic heterocycles. The summed E-state index contributed by atoms with van der Waals surface area (Å²) in [6.07, 6.45) is 0.